The molecule has 5 nitrogen and oxygen atoms in total. The highest BCUT2D eigenvalue weighted by Crippen LogP contribution is 2.23. The molecule has 0 aliphatic rings. The van der Waals surface area contributed by atoms with Crippen LogP contribution >= 0.6 is 0 Å². The van der Waals surface area contributed by atoms with Gasteiger partial charge in [0.05, 0.1) is 0 Å². The summed E-state index contributed by atoms with van der Waals surface area (Å²) in [6.07, 6.45) is -1.74. The normalized spacial score (nSPS) is 11.3. The van der Waals surface area contributed by atoms with Gasteiger partial charge < -0.3 is 15.0 Å². The van der Waals surface area contributed by atoms with Crippen LogP contribution < -0.4 is 10.5 Å². The first-order valence-corrected chi connectivity index (χ1v) is 5.51. The molecule has 106 valence electrons. The molecule has 0 spiro atoms. The first-order chi connectivity index (χ1) is 9.35. The average molecular weight is 285 g/mol. The van der Waals surface area contributed by atoms with Crippen LogP contribution in [0.25, 0.3) is 0 Å². The first-order valence-electron chi connectivity index (χ1n) is 5.51. The Bertz CT molecular complexity index is 605. The molecule has 20 heavy (non-hydrogen) atoms. The molecule has 1 aromatic heterocycles. The number of nitrogens with two attached hydrogens (primary N) is 1. The minimum Gasteiger partial charge on any atom is -0.406 e. The van der Waals surface area contributed by atoms with Gasteiger partial charge in [-0.05, 0) is 17.7 Å². The Kier molecular flexibility index (Phi) is 3.64. The number of benzene rings is 1. The van der Waals surface area contributed by atoms with Crippen molar-refractivity contribution in [1.29, 1.82) is 0 Å². The quantitative estimate of drug-likeness (QED) is 0.933. The summed E-state index contributed by atoms with van der Waals surface area (Å²) in [5, 5.41) is 0. The number of carbonyl (C=O) groups is 1. The third kappa shape index (κ3) is 3.50. The molecule has 8 heteroatoms. The van der Waals surface area contributed by atoms with Gasteiger partial charge in [-0.2, -0.15) is 0 Å². The molecule has 1 aromatic carbocycles. The van der Waals surface area contributed by atoms with E-state index in [-0.39, 0.29) is 18.1 Å². The van der Waals surface area contributed by atoms with Crippen molar-refractivity contribution in [2.24, 2.45) is 5.73 Å². The number of hydrogen-bond acceptors (Lipinski definition) is 3. The molecule has 0 radical (unpaired) electrons. The number of primary amides is 1. The number of carbonyl (C=O) groups excluding carboxylic acids is 1. The van der Waals surface area contributed by atoms with E-state index in [0.717, 1.165) is 0 Å². The largest absolute Gasteiger partial charge is 0.573 e. The van der Waals surface area contributed by atoms with Gasteiger partial charge in [0.25, 0.3) is 5.91 Å². The van der Waals surface area contributed by atoms with E-state index in [1.807, 2.05) is 0 Å². The topological polar surface area (TPSA) is 70.1 Å². The van der Waals surface area contributed by atoms with Crippen LogP contribution in [0.1, 0.15) is 16.2 Å². The smallest absolute Gasteiger partial charge is 0.406 e. The number of halogens is 3. The lowest BCUT2D eigenvalue weighted by atomic mass is 10.2. The maximum absolute atomic E-state index is 12.0. The van der Waals surface area contributed by atoms with E-state index in [9.17, 15) is 18.0 Å². The SMILES string of the molecule is NC(=O)c1nccn1Cc1ccc(OC(F)(F)F)cc1. The van der Waals surface area contributed by atoms with E-state index in [1.54, 1.807) is 6.20 Å². The second kappa shape index (κ2) is 5.24. The third-order valence-corrected chi connectivity index (χ3v) is 2.45. The maximum atomic E-state index is 12.0. The molecule has 0 fully saturated rings. The lowest BCUT2D eigenvalue weighted by molar-refractivity contribution is -0.274. The molecule has 0 atom stereocenters. The summed E-state index contributed by atoms with van der Waals surface area (Å²) in [6, 6.07) is 5.32. The van der Waals surface area contributed by atoms with Crippen LogP contribution in [0.4, 0.5) is 13.2 Å². The second-order valence-electron chi connectivity index (χ2n) is 3.93. The molecule has 0 aliphatic heterocycles. The average Bonchev–Trinajstić information content (AvgIpc) is 2.78. The minimum atomic E-state index is -4.72. The Morgan fingerprint density at radius 3 is 2.50 bits per heavy atom. The summed E-state index contributed by atoms with van der Waals surface area (Å²) >= 11 is 0. The van der Waals surface area contributed by atoms with Crippen molar-refractivity contribution < 1.29 is 22.7 Å². The van der Waals surface area contributed by atoms with Crippen molar-refractivity contribution in [3.05, 3.63) is 48.0 Å². The maximum Gasteiger partial charge on any atom is 0.573 e. The highest BCUT2D eigenvalue weighted by molar-refractivity contribution is 5.89. The molecular formula is C12H10F3N3O2. The summed E-state index contributed by atoms with van der Waals surface area (Å²) in [7, 11) is 0. The van der Waals surface area contributed by atoms with Gasteiger partial charge in [0.2, 0.25) is 0 Å². The van der Waals surface area contributed by atoms with Crippen molar-refractivity contribution >= 4 is 5.91 Å². The number of aromatic nitrogens is 2. The lowest BCUT2D eigenvalue weighted by Gasteiger charge is -2.10. The van der Waals surface area contributed by atoms with Crippen molar-refractivity contribution in [3.8, 4) is 5.75 Å². The van der Waals surface area contributed by atoms with Gasteiger partial charge in [-0.3, -0.25) is 4.79 Å². The zero-order valence-electron chi connectivity index (χ0n) is 10.1. The van der Waals surface area contributed by atoms with Crippen LogP contribution in [0.5, 0.6) is 5.75 Å². The van der Waals surface area contributed by atoms with E-state index in [0.29, 0.717) is 5.56 Å². The Morgan fingerprint density at radius 2 is 1.95 bits per heavy atom. The predicted octanol–water partition coefficient (Wildman–Crippen LogP) is 1.93. The van der Waals surface area contributed by atoms with Crippen molar-refractivity contribution in [1.82, 2.24) is 9.55 Å². The Morgan fingerprint density at radius 1 is 1.30 bits per heavy atom. The van der Waals surface area contributed by atoms with E-state index in [4.69, 9.17) is 5.73 Å². The Labute approximate surface area is 111 Å². The van der Waals surface area contributed by atoms with Crippen LogP contribution in [-0.4, -0.2) is 21.8 Å². The summed E-state index contributed by atoms with van der Waals surface area (Å²) < 4.78 is 41.3. The molecule has 0 saturated carbocycles. The van der Waals surface area contributed by atoms with Crippen molar-refractivity contribution in [2.75, 3.05) is 0 Å². The van der Waals surface area contributed by atoms with E-state index in [2.05, 4.69) is 9.72 Å². The van der Waals surface area contributed by atoms with Gasteiger partial charge in [-0.25, -0.2) is 4.98 Å². The predicted molar refractivity (Wildman–Crippen MR) is 63.0 cm³/mol. The Balaban J connectivity index is 2.11. The van der Waals surface area contributed by atoms with Gasteiger partial charge >= 0.3 is 6.36 Å². The number of amides is 1. The van der Waals surface area contributed by atoms with Crippen LogP contribution in [0.15, 0.2) is 36.7 Å². The summed E-state index contributed by atoms with van der Waals surface area (Å²) in [4.78, 5) is 14.9. The zero-order chi connectivity index (χ0) is 14.8. The lowest BCUT2D eigenvalue weighted by Crippen LogP contribution is -2.18. The van der Waals surface area contributed by atoms with Crippen molar-refractivity contribution in [3.63, 3.8) is 0 Å². The number of nitrogens with zero attached hydrogens (tertiary/aromatic N) is 2. The number of rotatable bonds is 4. The van der Waals surface area contributed by atoms with Crippen LogP contribution in [0.2, 0.25) is 0 Å². The standard InChI is InChI=1S/C12H10F3N3O2/c13-12(14,15)20-9-3-1-8(2-4-9)7-18-6-5-17-11(18)10(16)19/h1-6H,7H2,(H2,16,19). The first kappa shape index (κ1) is 13.9. The van der Waals surface area contributed by atoms with E-state index >= 15 is 0 Å². The fraction of sp³-hybridized carbons (Fsp3) is 0.167. The number of hydrogen-bond donors (Lipinski definition) is 1. The summed E-state index contributed by atoms with van der Waals surface area (Å²) in [6.45, 7) is 0.268. The zero-order valence-corrected chi connectivity index (χ0v) is 10.1. The monoisotopic (exact) mass is 285 g/mol. The highest BCUT2D eigenvalue weighted by atomic mass is 19.4. The second-order valence-corrected chi connectivity index (χ2v) is 3.93. The van der Waals surface area contributed by atoms with E-state index < -0.39 is 12.3 Å². The molecule has 0 aliphatic carbocycles. The van der Waals surface area contributed by atoms with Crippen LogP contribution in [0.3, 0.4) is 0 Å². The molecule has 1 amide bonds. The molecular weight excluding hydrogens is 275 g/mol. The van der Waals surface area contributed by atoms with Gasteiger partial charge in [0, 0.05) is 18.9 Å². The fourth-order valence-electron chi connectivity index (χ4n) is 1.66. The van der Waals surface area contributed by atoms with Gasteiger partial charge in [-0.1, -0.05) is 12.1 Å². The van der Waals surface area contributed by atoms with E-state index in [1.165, 1.54) is 35.0 Å². The third-order valence-electron chi connectivity index (χ3n) is 2.45. The summed E-state index contributed by atoms with van der Waals surface area (Å²) in [5.41, 5.74) is 5.82. The molecule has 0 bridgehead atoms. The van der Waals surface area contributed by atoms with Gasteiger partial charge in [-0.15, -0.1) is 13.2 Å². The van der Waals surface area contributed by atoms with Gasteiger partial charge in [0.15, 0.2) is 5.82 Å². The molecule has 2 rings (SSSR count). The van der Waals surface area contributed by atoms with Gasteiger partial charge in [0.1, 0.15) is 5.75 Å². The molecule has 0 unspecified atom stereocenters. The molecule has 2 N–H and O–H groups in total. The molecule has 0 saturated heterocycles. The Hall–Kier alpha value is -2.51. The van der Waals surface area contributed by atoms with Crippen molar-refractivity contribution in [2.45, 2.75) is 12.9 Å². The highest BCUT2D eigenvalue weighted by Gasteiger charge is 2.30. The number of ether oxygens (including phenoxy) is 1. The molecule has 2 aromatic rings. The van der Waals surface area contributed by atoms with Crippen LogP contribution in [0, 0.1) is 0 Å². The number of imidazole rings is 1. The number of alkyl halides is 3. The fourth-order valence-corrected chi connectivity index (χ4v) is 1.66. The van der Waals surface area contributed by atoms with Crippen LogP contribution in [-0.2, 0) is 6.54 Å². The minimum absolute atomic E-state index is 0.0839. The molecule has 1 heterocycles. The summed E-state index contributed by atoms with van der Waals surface area (Å²) in [5.74, 6) is -0.894.